The molecule has 14 heavy (non-hydrogen) atoms. The average molecular weight is 279 g/mol. The molecule has 0 aliphatic carbocycles. The van der Waals surface area contributed by atoms with Gasteiger partial charge in [0.25, 0.3) is 0 Å². The zero-order chi connectivity index (χ0) is 10.6. The van der Waals surface area contributed by atoms with Crippen molar-refractivity contribution in [1.82, 2.24) is 0 Å². The van der Waals surface area contributed by atoms with E-state index in [1.54, 1.807) is 6.21 Å². The molecule has 0 saturated heterocycles. The van der Waals surface area contributed by atoms with Crippen LogP contribution in [-0.2, 0) is 14.7 Å². The number of nitrogens with zero attached hydrogens (tertiary/aromatic N) is 1. The fourth-order valence-corrected chi connectivity index (χ4v) is 2.67. The van der Waals surface area contributed by atoms with Gasteiger partial charge in [-0.2, -0.15) is 0 Å². The van der Waals surface area contributed by atoms with E-state index in [1.165, 1.54) is 0 Å². The Morgan fingerprint density at radius 3 is 2.43 bits per heavy atom. The van der Waals surface area contributed by atoms with Crippen molar-refractivity contribution in [3.8, 4) is 0 Å². The summed E-state index contributed by atoms with van der Waals surface area (Å²) in [5.41, 5.74) is 1.02. The van der Waals surface area contributed by atoms with Crippen LogP contribution in [0.2, 0.25) is 0 Å². The van der Waals surface area contributed by atoms with Gasteiger partial charge in [0.2, 0.25) is 0 Å². The molecule has 2 N–H and O–H groups in total. The van der Waals surface area contributed by atoms with Crippen molar-refractivity contribution in [1.29, 1.82) is 0 Å². The maximum absolute atomic E-state index is 11.1. The van der Waals surface area contributed by atoms with Gasteiger partial charge in [0.05, 0.1) is 0 Å². The quantitative estimate of drug-likeness (QED) is 0.458. The number of thiol groups is 1. The third kappa shape index (κ3) is 3.11. The molecule has 0 aromatic heterocycles. The van der Waals surface area contributed by atoms with Gasteiger partial charge in [-0.15, -0.1) is 0 Å². The van der Waals surface area contributed by atoms with E-state index in [2.05, 4.69) is 9.15 Å². The molecule has 5 nitrogen and oxygen atoms in total. The summed E-state index contributed by atoms with van der Waals surface area (Å²) in [6.07, 6.45) is 1.69. The van der Waals surface area contributed by atoms with Crippen molar-refractivity contribution in [2.45, 2.75) is 0 Å². The van der Waals surface area contributed by atoms with Crippen LogP contribution in [0, 0.1) is 0 Å². The number of hydrogen-bond acceptors (Lipinski definition) is 3. The first-order valence-electron chi connectivity index (χ1n) is 3.55. The Hall–Kier alpha value is -0.881. The summed E-state index contributed by atoms with van der Waals surface area (Å²) < 4.78 is 33.5. The van der Waals surface area contributed by atoms with E-state index in [0.29, 0.717) is 0 Å². The van der Waals surface area contributed by atoms with Gasteiger partial charge in [0, 0.05) is 0 Å². The molecule has 0 radical (unpaired) electrons. The first-order valence-corrected chi connectivity index (χ1v) is 7.12. The molecule has 76 valence electrons. The van der Waals surface area contributed by atoms with Crippen molar-refractivity contribution >= 4 is 35.6 Å². The van der Waals surface area contributed by atoms with Crippen molar-refractivity contribution in [3.05, 3.63) is 29.8 Å². The SMILES string of the molecule is N[SH](=O)=O.O=[Se]1N=Cc2ccccc21. The molecule has 0 saturated carbocycles. The summed E-state index contributed by atoms with van der Waals surface area (Å²) in [5.74, 6) is 0. The van der Waals surface area contributed by atoms with Crippen molar-refractivity contribution in [2.24, 2.45) is 9.15 Å². The normalized spacial score (nSPS) is 17.4. The molecule has 1 unspecified atom stereocenters. The molecule has 2 rings (SSSR count). The Morgan fingerprint density at radius 2 is 1.86 bits per heavy atom. The summed E-state index contributed by atoms with van der Waals surface area (Å²) in [6, 6.07) is 7.62. The molecule has 1 aromatic carbocycles. The van der Waals surface area contributed by atoms with Gasteiger partial charge in [-0.1, -0.05) is 0 Å². The second-order valence-electron chi connectivity index (χ2n) is 2.31. The van der Waals surface area contributed by atoms with Gasteiger partial charge in [0.1, 0.15) is 0 Å². The van der Waals surface area contributed by atoms with Gasteiger partial charge >= 0.3 is 62.4 Å². The van der Waals surface area contributed by atoms with Crippen molar-refractivity contribution < 1.29 is 12.3 Å². The molecule has 1 aliphatic rings. The van der Waals surface area contributed by atoms with E-state index in [-0.39, 0.29) is 0 Å². The molecule has 1 aromatic rings. The van der Waals surface area contributed by atoms with Crippen LogP contribution in [0.5, 0.6) is 0 Å². The predicted molar refractivity (Wildman–Crippen MR) is 54.6 cm³/mol. The van der Waals surface area contributed by atoms with E-state index < -0.39 is 24.9 Å². The summed E-state index contributed by atoms with van der Waals surface area (Å²) in [6.45, 7) is 0. The van der Waals surface area contributed by atoms with E-state index in [9.17, 15) is 3.83 Å². The van der Waals surface area contributed by atoms with Crippen LogP contribution in [0.25, 0.3) is 0 Å². The monoisotopic (exact) mass is 280 g/mol. The Kier molecular flexibility index (Phi) is 4.09. The molecule has 1 heterocycles. The number of benzene rings is 1. The first kappa shape index (κ1) is 11.2. The van der Waals surface area contributed by atoms with Crippen LogP contribution in [0.15, 0.2) is 28.3 Å². The maximum atomic E-state index is 11.1. The Balaban J connectivity index is 0.000000213. The third-order valence-electron chi connectivity index (χ3n) is 1.39. The Bertz CT molecular complexity index is 448. The molecule has 1 atom stereocenters. The van der Waals surface area contributed by atoms with Crippen LogP contribution in [-0.4, -0.2) is 28.7 Å². The van der Waals surface area contributed by atoms with Crippen LogP contribution < -0.4 is 9.60 Å². The summed E-state index contributed by atoms with van der Waals surface area (Å²) in [4.78, 5) is 0. The van der Waals surface area contributed by atoms with Gasteiger partial charge in [0.15, 0.2) is 10.9 Å². The molecule has 0 spiro atoms. The zero-order valence-corrected chi connectivity index (χ0v) is 9.60. The standard InChI is InChI=1S/C7H5NOSe.H3NO2S/c9-10-7-4-2-1-3-6(7)5-8-10;1-4(2)3/h1-5H;4H,(H2,1,2,3). The van der Waals surface area contributed by atoms with E-state index in [1.807, 2.05) is 24.3 Å². The third-order valence-corrected chi connectivity index (χ3v) is 3.59. The molecule has 7 heteroatoms. The molecular formula is C7H8N2O3SSe. The number of hydrogen-bond donors (Lipinski definition) is 2. The van der Waals surface area contributed by atoms with Crippen LogP contribution in [0.3, 0.4) is 0 Å². The first-order chi connectivity index (χ1) is 6.61. The van der Waals surface area contributed by atoms with Gasteiger partial charge in [-0.05, 0) is 0 Å². The van der Waals surface area contributed by atoms with E-state index >= 15 is 0 Å². The van der Waals surface area contributed by atoms with Gasteiger partial charge in [-0.3, -0.25) is 0 Å². The predicted octanol–water partition coefficient (Wildman–Crippen LogP) is -1.28. The minimum atomic E-state index is -2.62. The van der Waals surface area contributed by atoms with E-state index in [0.717, 1.165) is 10.0 Å². The number of nitrogens with two attached hydrogens (primary N) is 1. The summed E-state index contributed by atoms with van der Waals surface area (Å²) in [5, 5.41) is 4.06. The second-order valence-corrected chi connectivity index (χ2v) is 5.29. The van der Waals surface area contributed by atoms with Gasteiger partial charge in [-0.25, -0.2) is 13.6 Å². The zero-order valence-electron chi connectivity index (χ0n) is 6.99. The fourth-order valence-electron chi connectivity index (χ4n) is 0.908. The van der Waals surface area contributed by atoms with Crippen molar-refractivity contribution in [3.63, 3.8) is 0 Å². The van der Waals surface area contributed by atoms with Gasteiger partial charge < -0.3 is 0 Å². The average Bonchev–Trinajstić information content (AvgIpc) is 2.48. The molecule has 0 fully saturated rings. The van der Waals surface area contributed by atoms with Crippen LogP contribution in [0.1, 0.15) is 5.56 Å². The number of fused-ring (bicyclic) bond motifs is 1. The van der Waals surface area contributed by atoms with Crippen LogP contribution in [0.4, 0.5) is 0 Å². The fraction of sp³-hybridized carbons (Fsp3) is 0. The summed E-state index contributed by atoms with van der Waals surface area (Å²) in [7, 11) is -2.62. The Morgan fingerprint density at radius 1 is 1.29 bits per heavy atom. The number of rotatable bonds is 0. The van der Waals surface area contributed by atoms with Crippen molar-refractivity contribution in [2.75, 3.05) is 0 Å². The summed E-state index contributed by atoms with van der Waals surface area (Å²) >= 11 is -2.00. The molecule has 1 aliphatic heterocycles. The van der Waals surface area contributed by atoms with Crippen LogP contribution >= 0.6 is 0 Å². The Labute approximate surface area is 87.0 Å². The molecular weight excluding hydrogens is 271 g/mol. The second kappa shape index (κ2) is 5.11. The minimum absolute atomic E-state index is 0.919. The molecule has 0 amide bonds. The molecule has 0 bridgehead atoms. The van der Waals surface area contributed by atoms with E-state index in [4.69, 9.17) is 8.42 Å². The topological polar surface area (TPSA) is 89.6 Å².